The van der Waals surface area contributed by atoms with Crippen molar-refractivity contribution in [3.05, 3.63) is 0 Å². The fourth-order valence-corrected chi connectivity index (χ4v) is 1.75. The molecule has 0 amide bonds. The second-order valence-electron chi connectivity index (χ2n) is 2.93. The summed E-state index contributed by atoms with van der Waals surface area (Å²) in [5.41, 5.74) is 0. The highest BCUT2D eigenvalue weighted by Gasteiger charge is 2.17. The standard InChI is InChI=1S/C6H13NO3S/c7-11(8,9)10-5-6-3-1-2-4-6/h6H,1-5H2,(H2,7,8,9). The quantitative estimate of drug-likeness (QED) is 0.681. The first-order chi connectivity index (χ1) is 5.08. The lowest BCUT2D eigenvalue weighted by molar-refractivity contribution is 0.257. The van der Waals surface area contributed by atoms with Crippen LogP contribution in [0.1, 0.15) is 25.7 Å². The van der Waals surface area contributed by atoms with Crippen molar-refractivity contribution in [1.29, 1.82) is 0 Å². The lowest BCUT2D eigenvalue weighted by Crippen LogP contribution is -2.19. The zero-order valence-corrected chi connectivity index (χ0v) is 7.14. The molecule has 1 aliphatic rings. The Morgan fingerprint density at radius 1 is 1.36 bits per heavy atom. The van der Waals surface area contributed by atoms with Crippen molar-refractivity contribution in [2.24, 2.45) is 11.1 Å². The van der Waals surface area contributed by atoms with Crippen LogP contribution in [-0.4, -0.2) is 15.0 Å². The van der Waals surface area contributed by atoms with Gasteiger partial charge < -0.3 is 0 Å². The van der Waals surface area contributed by atoms with Gasteiger partial charge in [-0.05, 0) is 18.8 Å². The second kappa shape index (κ2) is 3.51. The predicted octanol–water partition coefficient (Wildman–Crippen LogP) is 0.397. The van der Waals surface area contributed by atoms with Gasteiger partial charge in [0.25, 0.3) is 0 Å². The first kappa shape index (κ1) is 8.96. The summed E-state index contributed by atoms with van der Waals surface area (Å²) < 4.78 is 25.2. The lowest BCUT2D eigenvalue weighted by Gasteiger charge is -2.06. The van der Waals surface area contributed by atoms with E-state index < -0.39 is 10.3 Å². The Labute approximate surface area is 67.0 Å². The van der Waals surface area contributed by atoms with E-state index in [9.17, 15) is 8.42 Å². The Bertz CT molecular complexity index is 206. The maximum absolute atomic E-state index is 10.3. The van der Waals surface area contributed by atoms with Crippen molar-refractivity contribution in [2.75, 3.05) is 6.61 Å². The average molecular weight is 179 g/mol. The van der Waals surface area contributed by atoms with Crippen molar-refractivity contribution in [3.63, 3.8) is 0 Å². The van der Waals surface area contributed by atoms with Crippen LogP contribution in [0.25, 0.3) is 0 Å². The third-order valence-corrected chi connectivity index (χ3v) is 2.41. The molecule has 0 saturated heterocycles. The number of hydrogen-bond donors (Lipinski definition) is 1. The van der Waals surface area contributed by atoms with E-state index in [-0.39, 0.29) is 6.61 Å². The Morgan fingerprint density at radius 2 is 1.91 bits per heavy atom. The maximum Gasteiger partial charge on any atom is 0.333 e. The Kier molecular flexibility index (Phi) is 2.86. The summed E-state index contributed by atoms with van der Waals surface area (Å²) in [5, 5.41) is 4.66. The zero-order chi connectivity index (χ0) is 8.32. The number of hydrogen-bond acceptors (Lipinski definition) is 3. The van der Waals surface area contributed by atoms with Gasteiger partial charge in [-0.1, -0.05) is 12.8 Å². The van der Waals surface area contributed by atoms with E-state index in [4.69, 9.17) is 0 Å². The topological polar surface area (TPSA) is 69.4 Å². The lowest BCUT2D eigenvalue weighted by atomic mass is 10.1. The molecule has 0 unspecified atom stereocenters. The van der Waals surface area contributed by atoms with Crippen LogP contribution in [0, 0.1) is 5.92 Å². The highest BCUT2D eigenvalue weighted by Crippen LogP contribution is 2.24. The summed E-state index contributed by atoms with van der Waals surface area (Å²) >= 11 is 0. The van der Waals surface area contributed by atoms with Gasteiger partial charge in [-0.15, -0.1) is 0 Å². The Morgan fingerprint density at radius 3 is 2.36 bits per heavy atom. The fourth-order valence-electron chi connectivity index (χ4n) is 1.37. The molecule has 2 N–H and O–H groups in total. The fraction of sp³-hybridized carbons (Fsp3) is 1.00. The van der Waals surface area contributed by atoms with Crippen molar-refractivity contribution in [3.8, 4) is 0 Å². The molecule has 1 saturated carbocycles. The summed E-state index contributed by atoms with van der Waals surface area (Å²) in [4.78, 5) is 0. The van der Waals surface area contributed by atoms with Gasteiger partial charge in [0.15, 0.2) is 0 Å². The predicted molar refractivity (Wildman–Crippen MR) is 41.0 cm³/mol. The molecule has 1 aliphatic carbocycles. The third kappa shape index (κ3) is 3.69. The van der Waals surface area contributed by atoms with E-state index in [1.165, 1.54) is 12.8 Å². The van der Waals surface area contributed by atoms with Crippen molar-refractivity contribution in [1.82, 2.24) is 0 Å². The molecule has 0 bridgehead atoms. The molecule has 0 spiro atoms. The van der Waals surface area contributed by atoms with Gasteiger partial charge in [0.2, 0.25) is 0 Å². The summed E-state index contributed by atoms with van der Waals surface area (Å²) in [5.74, 6) is 0.397. The normalized spacial score (nSPS) is 20.8. The molecule has 0 heterocycles. The summed E-state index contributed by atoms with van der Waals surface area (Å²) in [7, 11) is -3.71. The van der Waals surface area contributed by atoms with E-state index >= 15 is 0 Å². The molecular formula is C6H13NO3S. The Hall–Kier alpha value is -0.130. The van der Waals surface area contributed by atoms with Gasteiger partial charge in [-0.2, -0.15) is 8.42 Å². The molecule has 0 radical (unpaired) electrons. The third-order valence-electron chi connectivity index (χ3n) is 1.94. The van der Waals surface area contributed by atoms with Crippen molar-refractivity contribution >= 4 is 10.3 Å². The average Bonchev–Trinajstić information content (AvgIpc) is 2.32. The minimum Gasteiger partial charge on any atom is -0.258 e. The minimum absolute atomic E-state index is 0.263. The first-order valence-corrected chi connectivity index (χ1v) is 5.22. The molecular weight excluding hydrogens is 166 g/mol. The monoisotopic (exact) mass is 179 g/mol. The molecule has 0 atom stereocenters. The molecule has 11 heavy (non-hydrogen) atoms. The van der Waals surface area contributed by atoms with E-state index in [0.717, 1.165) is 12.8 Å². The van der Waals surface area contributed by atoms with Crippen LogP contribution in [0.15, 0.2) is 0 Å². The van der Waals surface area contributed by atoms with Crippen LogP contribution in [0.3, 0.4) is 0 Å². The zero-order valence-electron chi connectivity index (χ0n) is 6.32. The molecule has 5 heteroatoms. The van der Waals surface area contributed by atoms with Gasteiger partial charge >= 0.3 is 10.3 Å². The van der Waals surface area contributed by atoms with Crippen LogP contribution in [0.5, 0.6) is 0 Å². The summed E-state index contributed by atoms with van der Waals surface area (Å²) in [6, 6.07) is 0. The van der Waals surface area contributed by atoms with Gasteiger partial charge in [-0.25, -0.2) is 5.14 Å². The largest absolute Gasteiger partial charge is 0.333 e. The van der Waals surface area contributed by atoms with Crippen molar-refractivity contribution < 1.29 is 12.6 Å². The van der Waals surface area contributed by atoms with Crippen LogP contribution >= 0.6 is 0 Å². The molecule has 1 fully saturated rings. The van der Waals surface area contributed by atoms with Crippen molar-refractivity contribution in [2.45, 2.75) is 25.7 Å². The highest BCUT2D eigenvalue weighted by atomic mass is 32.2. The number of nitrogens with two attached hydrogens (primary N) is 1. The molecule has 66 valence electrons. The van der Waals surface area contributed by atoms with Gasteiger partial charge in [0.05, 0.1) is 6.61 Å². The highest BCUT2D eigenvalue weighted by molar-refractivity contribution is 7.84. The maximum atomic E-state index is 10.3. The minimum atomic E-state index is -3.71. The second-order valence-corrected chi connectivity index (χ2v) is 4.15. The molecule has 0 aromatic rings. The van der Waals surface area contributed by atoms with Crippen LogP contribution < -0.4 is 5.14 Å². The number of rotatable bonds is 3. The smallest absolute Gasteiger partial charge is 0.258 e. The van der Waals surface area contributed by atoms with Crippen LogP contribution in [-0.2, 0) is 14.5 Å². The first-order valence-electron chi connectivity index (χ1n) is 3.75. The molecule has 1 rings (SSSR count). The van der Waals surface area contributed by atoms with E-state index in [0.29, 0.717) is 5.92 Å². The molecule has 0 aromatic carbocycles. The van der Waals surface area contributed by atoms with Gasteiger partial charge in [0.1, 0.15) is 0 Å². The Balaban J connectivity index is 2.22. The summed E-state index contributed by atoms with van der Waals surface area (Å²) in [6.07, 6.45) is 4.49. The van der Waals surface area contributed by atoms with Crippen LogP contribution in [0.2, 0.25) is 0 Å². The van der Waals surface area contributed by atoms with E-state index in [1.54, 1.807) is 0 Å². The molecule has 0 aromatic heterocycles. The molecule has 0 aliphatic heterocycles. The van der Waals surface area contributed by atoms with E-state index in [1.807, 2.05) is 0 Å². The van der Waals surface area contributed by atoms with Gasteiger partial charge in [0, 0.05) is 0 Å². The van der Waals surface area contributed by atoms with Crippen LogP contribution in [0.4, 0.5) is 0 Å². The molecule has 4 nitrogen and oxygen atoms in total. The van der Waals surface area contributed by atoms with Gasteiger partial charge in [-0.3, -0.25) is 4.18 Å². The van der Waals surface area contributed by atoms with E-state index in [2.05, 4.69) is 9.32 Å². The summed E-state index contributed by atoms with van der Waals surface area (Å²) in [6.45, 7) is 0.263. The SMILES string of the molecule is NS(=O)(=O)OCC1CCCC1.